The number of benzene rings is 1. The molecule has 1 saturated heterocycles. The third-order valence-corrected chi connectivity index (χ3v) is 4.64. The molecule has 0 bridgehead atoms. The second-order valence-corrected chi connectivity index (χ2v) is 6.84. The number of nitrogens with zero attached hydrogens (tertiary/aromatic N) is 1. The second kappa shape index (κ2) is 10.3. The van der Waals surface area contributed by atoms with Crippen molar-refractivity contribution in [2.45, 2.75) is 31.4 Å². The highest BCUT2D eigenvalue weighted by molar-refractivity contribution is 6.00. The van der Waals surface area contributed by atoms with Crippen molar-refractivity contribution < 1.29 is 34.1 Å². The molecule has 1 aromatic carbocycles. The fourth-order valence-corrected chi connectivity index (χ4v) is 3.07. The summed E-state index contributed by atoms with van der Waals surface area (Å²) in [5, 5.41) is 27.6. The van der Waals surface area contributed by atoms with Crippen molar-refractivity contribution in [1.82, 2.24) is 10.2 Å². The zero-order chi connectivity index (χ0) is 22.3. The maximum Gasteiger partial charge on any atom is 0.329 e. The molecule has 11 heteroatoms. The summed E-state index contributed by atoms with van der Waals surface area (Å²) in [5.41, 5.74) is 6.00. The van der Waals surface area contributed by atoms with E-state index < -0.39 is 42.8 Å². The lowest BCUT2D eigenvalue weighted by Gasteiger charge is -2.33. The number of amides is 2. The lowest BCUT2D eigenvalue weighted by atomic mass is 10.0. The fraction of sp³-hybridized carbons (Fsp3) is 0.421. The van der Waals surface area contributed by atoms with Gasteiger partial charge in [0.25, 0.3) is 5.91 Å². The van der Waals surface area contributed by atoms with Crippen LogP contribution in [0.2, 0.25) is 0 Å². The summed E-state index contributed by atoms with van der Waals surface area (Å²) < 4.78 is 5.22. The van der Waals surface area contributed by atoms with Crippen LogP contribution in [-0.4, -0.2) is 76.5 Å². The van der Waals surface area contributed by atoms with Gasteiger partial charge in [-0.3, -0.25) is 19.8 Å². The van der Waals surface area contributed by atoms with Gasteiger partial charge in [0, 0.05) is 24.2 Å². The SMILES string of the molecule is N=C(N)c1ccc(C(=O)N[C@@H](CC(=O)O)C(=O)N2CCC(OCC(=O)O)CC2)cc1. The Labute approximate surface area is 172 Å². The van der Waals surface area contributed by atoms with Crippen LogP contribution < -0.4 is 11.1 Å². The van der Waals surface area contributed by atoms with Crippen LogP contribution in [0.15, 0.2) is 24.3 Å². The number of rotatable bonds is 9. The summed E-state index contributed by atoms with van der Waals surface area (Å²) in [6.45, 7) is 0.115. The zero-order valence-electron chi connectivity index (χ0n) is 16.2. The van der Waals surface area contributed by atoms with Gasteiger partial charge < -0.3 is 30.9 Å². The fourth-order valence-electron chi connectivity index (χ4n) is 3.07. The van der Waals surface area contributed by atoms with Crippen molar-refractivity contribution in [1.29, 1.82) is 5.41 Å². The first-order valence-corrected chi connectivity index (χ1v) is 9.26. The molecule has 1 aromatic rings. The first-order chi connectivity index (χ1) is 14.2. The first kappa shape index (κ1) is 22.8. The molecular formula is C19H24N4O7. The molecule has 1 heterocycles. The maximum atomic E-state index is 12.8. The van der Waals surface area contributed by atoms with Crippen molar-refractivity contribution in [3.05, 3.63) is 35.4 Å². The van der Waals surface area contributed by atoms with E-state index in [1.165, 1.54) is 29.2 Å². The summed E-state index contributed by atoms with van der Waals surface area (Å²) in [6, 6.07) is 4.57. The van der Waals surface area contributed by atoms with Crippen molar-refractivity contribution in [2.24, 2.45) is 5.73 Å². The van der Waals surface area contributed by atoms with Gasteiger partial charge in [-0.1, -0.05) is 12.1 Å². The lowest BCUT2D eigenvalue weighted by molar-refractivity contribution is -0.147. The molecule has 11 nitrogen and oxygen atoms in total. The molecule has 30 heavy (non-hydrogen) atoms. The van der Waals surface area contributed by atoms with E-state index in [1.54, 1.807) is 0 Å². The number of ether oxygens (including phenoxy) is 1. The van der Waals surface area contributed by atoms with E-state index in [0.29, 0.717) is 18.4 Å². The van der Waals surface area contributed by atoms with Crippen LogP contribution in [0.1, 0.15) is 35.2 Å². The van der Waals surface area contributed by atoms with Crippen LogP contribution in [0.25, 0.3) is 0 Å². The van der Waals surface area contributed by atoms with Gasteiger partial charge in [0.2, 0.25) is 5.91 Å². The average molecular weight is 420 g/mol. The molecule has 0 aromatic heterocycles. The van der Waals surface area contributed by atoms with Gasteiger partial charge in [-0.05, 0) is 25.0 Å². The Hall–Kier alpha value is -3.47. The van der Waals surface area contributed by atoms with E-state index in [0.717, 1.165) is 0 Å². The number of aliphatic carboxylic acids is 2. The molecule has 0 spiro atoms. The zero-order valence-corrected chi connectivity index (χ0v) is 16.2. The van der Waals surface area contributed by atoms with Gasteiger partial charge in [-0.25, -0.2) is 4.79 Å². The number of nitrogens with one attached hydrogen (secondary N) is 2. The predicted molar refractivity (Wildman–Crippen MR) is 104 cm³/mol. The molecule has 1 aliphatic heterocycles. The van der Waals surface area contributed by atoms with Crippen LogP contribution in [0.4, 0.5) is 0 Å². The van der Waals surface area contributed by atoms with Crippen LogP contribution >= 0.6 is 0 Å². The highest BCUT2D eigenvalue weighted by Gasteiger charge is 2.31. The Kier molecular flexibility index (Phi) is 7.87. The minimum atomic E-state index is -1.25. The minimum Gasteiger partial charge on any atom is -0.481 e. The topological polar surface area (TPSA) is 183 Å². The van der Waals surface area contributed by atoms with Gasteiger partial charge in [0.05, 0.1) is 12.5 Å². The normalized spacial score (nSPS) is 15.3. The predicted octanol–water partition coefficient (Wildman–Crippen LogP) is -0.364. The monoisotopic (exact) mass is 420 g/mol. The molecule has 162 valence electrons. The highest BCUT2D eigenvalue weighted by Crippen LogP contribution is 2.16. The minimum absolute atomic E-state index is 0.156. The number of carbonyl (C=O) groups is 4. The van der Waals surface area contributed by atoms with E-state index in [4.69, 9.17) is 26.1 Å². The van der Waals surface area contributed by atoms with Crippen molar-refractivity contribution in [3.63, 3.8) is 0 Å². The second-order valence-electron chi connectivity index (χ2n) is 6.84. The Bertz CT molecular complexity index is 817. The maximum absolute atomic E-state index is 12.8. The van der Waals surface area contributed by atoms with Gasteiger partial charge >= 0.3 is 11.9 Å². The molecule has 2 rings (SSSR count). The number of carboxylic acid groups (broad SMARTS) is 2. The molecule has 0 aliphatic carbocycles. The average Bonchev–Trinajstić information content (AvgIpc) is 2.71. The molecule has 1 fully saturated rings. The summed E-state index contributed by atoms with van der Waals surface area (Å²) in [6.07, 6.45) is -0.0400. The number of nitrogens with two attached hydrogens (primary N) is 1. The number of likely N-dealkylation sites (tertiary alicyclic amines) is 1. The summed E-state index contributed by atoms with van der Waals surface area (Å²) >= 11 is 0. The molecule has 1 aliphatic rings. The summed E-state index contributed by atoms with van der Waals surface area (Å²) in [4.78, 5) is 48.5. The summed E-state index contributed by atoms with van der Waals surface area (Å²) in [5.74, 6) is -3.61. The molecular weight excluding hydrogens is 396 g/mol. The Morgan fingerprint density at radius 3 is 2.17 bits per heavy atom. The van der Waals surface area contributed by atoms with Crippen molar-refractivity contribution >= 4 is 29.6 Å². The lowest BCUT2D eigenvalue weighted by Crippen LogP contribution is -2.52. The van der Waals surface area contributed by atoms with E-state index in [2.05, 4.69) is 5.32 Å². The molecule has 2 amide bonds. The van der Waals surface area contributed by atoms with Crippen molar-refractivity contribution in [3.8, 4) is 0 Å². The molecule has 1 atom stereocenters. The van der Waals surface area contributed by atoms with Gasteiger partial charge in [0.15, 0.2) is 0 Å². The number of piperidine rings is 1. The Balaban J connectivity index is 2.00. The smallest absolute Gasteiger partial charge is 0.329 e. The highest BCUT2D eigenvalue weighted by atomic mass is 16.5. The van der Waals surface area contributed by atoms with E-state index >= 15 is 0 Å². The van der Waals surface area contributed by atoms with E-state index in [-0.39, 0.29) is 30.6 Å². The third-order valence-electron chi connectivity index (χ3n) is 4.64. The van der Waals surface area contributed by atoms with Crippen molar-refractivity contribution in [2.75, 3.05) is 19.7 Å². The van der Waals surface area contributed by atoms with Gasteiger partial charge in [0.1, 0.15) is 18.5 Å². The first-order valence-electron chi connectivity index (χ1n) is 9.26. The Morgan fingerprint density at radius 1 is 1.10 bits per heavy atom. The number of amidine groups is 1. The number of hydrogen-bond donors (Lipinski definition) is 5. The molecule has 6 N–H and O–H groups in total. The number of carbonyl (C=O) groups excluding carboxylic acids is 2. The third kappa shape index (κ3) is 6.55. The van der Waals surface area contributed by atoms with Gasteiger partial charge in [-0.15, -0.1) is 0 Å². The number of hydrogen-bond acceptors (Lipinski definition) is 6. The quantitative estimate of drug-likeness (QED) is 0.265. The molecule has 0 saturated carbocycles. The van der Waals surface area contributed by atoms with Crippen LogP contribution in [0, 0.1) is 5.41 Å². The largest absolute Gasteiger partial charge is 0.481 e. The standard InChI is InChI=1S/C19H24N4O7/c20-17(21)11-1-3-12(4-2-11)18(28)22-14(9-15(24)25)19(29)23-7-5-13(6-8-23)30-10-16(26)27/h1-4,13-14H,5-10H2,(H3,20,21)(H,22,28)(H,24,25)(H,26,27)/t14-/m0/s1. The summed E-state index contributed by atoms with van der Waals surface area (Å²) in [7, 11) is 0. The van der Waals surface area contributed by atoms with E-state index in [1.807, 2.05) is 0 Å². The Morgan fingerprint density at radius 2 is 1.67 bits per heavy atom. The number of nitrogen functional groups attached to an aromatic ring is 1. The number of carboxylic acids is 2. The van der Waals surface area contributed by atoms with Crippen LogP contribution in [0.5, 0.6) is 0 Å². The van der Waals surface area contributed by atoms with E-state index in [9.17, 15) is 19.2 Å². The molecule has 0 radical (unpaired) electrons. The van der Waals surface area contributed by atoms with Gasteiger partial charge in [-0.2, -0.15) is 0 Å². The van der Waals surface area contributed by atoms with Crippen LogP contribution in [-0.2, 0) is 19.1 Å². The van der Waals surface area contributed by atoms with Crippen LogP contribution in [0.3, 0.4) is 0 Å². The molecule has 0 unspecified atom stereocenters.